The molecule has 0 rings (SSSR count). The zero-order valence-electron chi connectivity index (χ0n) is 16.5. The molecule has 0 aliphatic rings. The first kappa shape index (κ1) is 23.9. The van der Waals surface area contributed by atoms with Crippen LogP contribution in [0, 0.1) is 0 Å². The Morgan fingerprint density at radius 2 is 1.28 bits per heavy atom. The molecule has 146 valence electrons. The number of hydrogen-bond acceptors (Lipinski definition) is 3. The van der Waals surface area contributed by atoms with Gasteiger partial charge in [-0.2, -0.15) is 0 Å². The molecule has 25 heavy (non-hydrogen) atoms. The van der Waals surface area contributed by atoms with Crippen LogP contribution in [0.4, 0.5) is 0 Å². The van der Waals surface area contributed by atoms with Crippen LogP contribution in [0.2, 0.25) is 0 Å². The van der Waals surface area contributed by atoms with Crippen molar-refractivity contribution in [2.75, 3.05) is 6.61 Å². The first-order valence-corrected chi connectivity index (χ1v) is 10.6. The van der Waals surface area contributed by atoms with Crippen LogP contribution in [-0.2, 0) is 14.3 Å². The molecule has 0 amide bonds. The SMILES string of the molecule is CCCCCC/C=C\COC(=O)CCCCCCCCCCCC=O. The van der Waals surface area contributed by atoms with Gasteiger partial charge in [-0.15, -0.1) is 0 Å². The maximum atomic E-state index is 11.6. The Labute approximate surface area is 155 Å². The molecule has 0 aromatic rings. The summed E-state index contributed by atoms with van der Waals surface area (Å²) >= 11 is 0. The number of hydrogen-bond donors (Lipinski definition) is 0. The second-order valence-corrected chi connectivity index (χ2v) is 6.89. The van der Waals surface area contributed by atoms with Gasteiger partial charge in [-0.05, 0) is 25.7 Å². The highest BCUT2D eigenvalue weighted by atomic mass is 16.5. The number of unbranched alkanes of at least 4 members (excludes halogenated alkanes) is 13. The van der Waals surface area contributed by atoms with Gasteiger partial charge in [0.2, 0.25) is 0 Å². The summed E-state index contributed by atoms with van der Waals surface area (Å²) < 4.78 is 5.21. The van der Waals surface area contributed by atoms with Gasteiger partial charge >= 0.3 is 5.97 Å². The lowest BCUT2D eigenvalue weighted by Crippen LogP contribution is -2.03. The molecule has 0 N–H and O–H groups in total. The molecule has 0 atom stereocenters. The minimum absolute atomic E-state index is 0.0641. The summed E-state index contributed by atoms with van der Waals surface area (Å²) in [6, 6.07) is 0. The lowest BCUT2D eigenvalue weighted by Gasteiger charge is -2.03. The number of esters is 1. The third kappa shape index (κ3) is 20.8. The van der Waals surface area contributed by atoms with E-state index >= 15 is 0 Å². The van der Waals surface area contributed by atoms with Gasteiger partial charge in [0.15, 0.2) is 0 Å². The molecule has 0 radical (unpaired) electrons. The van der Waals surface area contributed by atoms with E-state index in [-0.39, 0.29) is 5.97 Å². The molecule has 0 aromatic carbocycles. The number of rotatable bonds is 19. The van der Waals surface area contributed by atoms with Crippen LogP contribution < -0.4 is 0 Å². The summed E-state index contributed by atoms with van der Waals surface area (Å²) in [5.74, 6) is -0.0641. The van der Waals surface area contributed by atoms with Gasteiger partial charge in [-0.3, -0.25) is 4.79 Å². The zero-order chi connectivity index (χ0) is 18.4. The molecule has 0 bridgehead atoms. The smallest absolute Gasteiger partial charge is 0.306 e. The second kappa shape index (κ2) is 20.9. The molecule has 3 nitrogen and oxygen atoms in total. The Morgan fingerprint density at radius 3 is 1.92 bits per heavy atom. The number of ether oxygens (including phenoxy) is 1. The monoisotopic (exact) mass is 352 g/mol. The van der Waals surface area contributed by atoms with Crippen LogP contribution in [0.25, 0.3) is 0 Å². The lowest BCUT2D eigenvalue weighted by molar-refractivity contribution is -0.142. The molecule has 0 fully saturated rings. The quantitative estimate of drug-likeness (QED) is 0.115. The predicted molar refractivity (Wildman–Crippen MR) is 106 cm³/mol. The summed E-state index contributed by atoms with van der Waals surface area (Å²) in [5.41, 5.74) is 0. The largest absolute Gasteiger partial charge is 0.461 e. The van der Waals surface area contributed by atoms with Crippen molar-refractivity contribution in [2.45, 2.75) is 110 Å². The maximum Gasteiger partial charge on any atom is 0.306 e. The average molecular weight is 353 g/mol. The van der Waals surface area contributed by atoms with E-state index in [0.29, 0.717) is 19.4 Å². The normalized spacial score (nSPS) is 11.1. The van der Waals surface area contributed by atoms with E-state index in [1.807, 2.05) is 6.08 Å². The van der Waals surface area contributed by atoms with E-state index in [0.717, 1.165) is 32.0 Å². The van der Waals surface area contributed by atoms with E-state index in [4.69, 9.17) is 4.74 Å². The van der Waals surface area contributed by atoms with Gasteiger partial charge in [0, 0.05) is 12.8 Å². The number of allylic oxidation sites excluding steroid dienone is 1. The summed E-state index contributed by atoms with van der Waals surface area (Å²) in [6.45, 7) is 2.64. The van der Waals surface area contributed by atoms with Crippen molar-refractivity contribution in [3.05, 3.63) is 12.2 Å². The van der Waals surface area contributed by atoms with Crippen molar-refractivity contribution < 1.29 is 14.3 Å². The van der Waals surface area contributed by atoms with Crippen molar-refractivity contribution in [2.24, 2.45) is 0 Å². The Balaban J connectivity index is 3.22. The molecule has 0 aliphatic carbocycles. The zero-order valence-corrected chi connectivity index (χ0v) is 16.5. The van der Waals surface area contributed by atoms with Gasteiger partial charge < -0.3 is 9.53 Å². The minimum atomic E-state index is -0.0641. The Morgan fingerprint density at radius 1 is 0.720 bits per heavy atom. The fourth-order valence-corrected chi connectivity index (χ4v) is 2.82. The van der Waals surface area contributed by atoms with Crippen LogP contribution in [0.3, 0.4) is 0 Å². The van der Waals surface area contributed by atoms with Crippen LogP contribution in [0.15, 0.2) is 12.2 Å². The van der Waals surface area contributed by atoms with Gasteiger partial charge in [0.25, 0.3) is 0 Å². The van der Waals surface area contributed by atoms with Crippen LogP contribution in [0.1, 0.15) is 110 Å². The summed E-state index contributed by atoms with van der Waals surface area (Å²) in [6.07, 6.45) is 23.1. The Bertz CT molecular complexity index is 323. The van der Waals surface area contributed by atoms with Crippen LogP contribution in [0.5, 0.6) is 0 Å². The van der Waals surface area contributed by atoms with E-state index in [2.05, 4.69) is 13.0 Å². The van der Waals surface area contributed by atoms with Crippen molar-refractivity contribution >= 4 is 12.3 Å². The second-order valence-electron chi connectivity index (χ2n) is 6.89. The Hall–Kier alpha value is -1.12. The Kier molecular flexibility index (Phi) is 20.0. The van der Waals surface area contributed by atoms with Crippen LogP contribution in [-0.4, -0.2) is 18.9 Å². The first-order chi connectivity index (χ1) is 12.3. The van der Waals surface area contributed by atoms with Crippen LogP contribution >= 0.6 is 0 Å². The third-order valence-corrected chi connectivity index (χ3v) is 4.43. The van der Waals surface area contributed by atoms with Gasteiger partial charge in [-0.1, -0.05) is 83.3 Å². The highest BCUT2D eigenvalue weighted by Gasteiger charge is 2.01. The predicted octanol–water partition coefficient (Wildman–Crippen LogP) is 6.55. The molecule has 0 spiro atoms. The van der Waals surface area contributed by atoms with Crippen molar-refractivity contribution in [1.29, 1.82) is 0 Å². The minimum Gasteiger partial charge on any atom is -0.461 e. The first-order valence-electron chi connectivity index (χ1n) is 10.6. The summed E-state index contributed by atoms with van der Waals surface area (Å²) in [5, 5.41) is 0. The molecule has 0 aliphatic heterocycles. The number of carbonyl (C=O) groups excluding carboxylic acids is 2. The molecule has 0 saturated heterocycles. The van der Waals surface area contributed by atoms with E-state index in [1.165, 1.54) is 64.2 Å². The van der Waals surface area contributed by atoms with Crippen molar-refractivity contribution in [3.8, 4) is 0 Å². The summed E-state index contributed by atoms with van der Waals surface area (Å²) in [7, 11) is 0. The highest BCUT2D eigenvalue weighted by Crippen LogP contribution is 2.11. The average Bonchev–Trinajstić information content (AvgIpc) is 2.62. The topological polar surface area (TPSA) is 43.4 Å². The highest BCUT2D eigenvalue weighted by molar-refractivity contribution is 5.69. The van der Waals surface area contributed by atoms with Gasteiger partial charge in [0.1, 0.15) is 12.9 Å². The van der Waals surface area contributed by atoms with E-state index < -0.39 is 0 Å². The maximum absolute atomic E-state index is 11.6. The van der Waals surface area contributed by atoms with E-state index in [9.17, 15) is 9.59 Å². The molecule has 3 heteroatoms. The summed E-state index contributed by atoms with van der Waals surface area (Å²) in [4.78, 5) is 21.8. The molecule has 0 unspecified atom stereocenters. The molecule has 0 heterocycles. The number of carbonyl (C=O) groups is 2. The van der Waals surface area contributed by atoms with E-state index in [1.54, 1.807) is 0 Å². The molecular formula is C22H40O3. The molecule has 0 saturated carbocycles. The third-order valence-electron chi connectivity index (χ3n) is 4.43. The fraction of sp³-hybridized carbons (Fsp3) is 0.818. The fourth-order valence-electron chi connectivity index (χ4n) is 2.82. The lowest BCUT2D eigenvalue weighted by atomic mass is 10.1. The standard InChI is InChI=1S/C22H40O3/c1-2-3-4-5-12-15-18-21-25-22(24)19-16-13-10-8-6-7-9-11-14-17-20-23/h15,18,20H,2-14,16-17,19,21H2,1H3/b18-15-. The molecule has 0 aromatic heterocycles. The van der Waals surface area contributed by atoms with Gasteiger partial charge in [0.05, 0.1) is 0 Å². The van der Waals surface area contributed by atoms with Crippen molar-refractivity contribution in [1.82, 2.24) is 0 Å². The van der Waals surface area contributed by atoms with Gasteiger partial charge in [-0.25, -0.2) is 0 Å². The molecular weight excluding hydrogens is 312 g/mol. The van der Waals surface area contributed by atoms with Crippen molar-refractivity contribution in [3.63, 3.8) is 0 Å². The number of aldehydes is 1.